The second-order valence-electron chi connectivity index (χ2n) is 4.22. The molecule has 1 atom stereocenters. The van der Waals surface area contributed by atoms with Crippen LogP contribution in [-0.4, -0.2) is 24.8 Å². The molecule has 104 valence electrons. The van der Waals surface area contributed by atoms with Crippen molar-refractivity contribution < 1.29 is 19.4 Å². The lowest BCUT2D eigenvalue weighted by molar-refractivity contribution is 0.0600. The van der Waals surface area contributed by atoms with Gasteiger partial charge in [0.2, 0.25) is 0 Å². The Kier molecular flexibility index (Phi) is 4.74. The van der Waals surface area contributed by atoms with Crippen LogP contribution in [0.5, 0.6) is 5.75 Å². The molecule has 0 aromatic heterocycles. The van der Waals surface area contributed by atoms with Crippen LogP contribution in [-0.2, 0) is 4.74 Å². The maximum absolute atomic E-state index is 11.3. The minimum absolute atomic E-state index is 0.122. The average Bonchev–Trinajstić information content (AvgIpc) is 2.53. The summed E-state index contributed by atoms with van der Waals surface area (Å²) in [6.07, 6.45) is -0.430. The minimum Gasteiger partial charge on any atom is -0.483 e. The molecule has 0 heterocycles. The molecule has 0 unspecified atom stereocenters. The third kappa shape index (κ3) is 3.36. The van der Waals surface area contributed by atoms with Crippen molar-refractivity contribution in [3.05, 3.63) is 65.7 Å². The maximum Gasteiger partial charge on any atom is 0.337 e. The number of esters is 1. The van der Waals surface area contributed by atoms with E-state index in [-0.39, 0.29) is 6.61 Å². The van der Waals surface area contributed by atoms with Gasteiger partial charge >= 0.3 is 5.97 Å². The van der Waals surface area contributed by atoms with Crippen molar-refractivity contribution in [3.8, 4) is 5.75 Å². The number of rotatable bonds is 5. The Morgan fingerprint density at radius 1 is 1.10 bits per heavy atom. The third-order valence-corrected chi connectivity index (χ3v) is 2.89. The first kappa shape index (κ1) is 14.1. The molecule has 0 amide bonds. The van der Waals surface area contributed by atoms with E-state index in [1.165, 1.54) is 7.11 Å². The molecule has 0 spiro atoms. The number of aliphatic hydroxyl groups is 1. The number of ether oxygens (including phenoxy) is 2. The van der Waals surface area contributed by atoms with E-state index in [0.717, 1.165) is 5.56 Å². The average molecular weight is 272 g/mol. The fourth-order valence-corrected chi connectivity index (χ4v) is 1.83. The third-order valence-electron chi connectivity index (χ3n) is 2.89. The number of methoxy groups -OCH3 is 1. The molecule has 2 aromatic carbocycles. The van der Waals surface area contributed by atoms with E-state index < -0.39 is 12.1 Å². The largest absolute Gasteiger partial charge is 0.483 e. The SMILES string of the molecule is COC(=O)c1ccc(O[C@H](CO)c2ccccc2)cc1. The number of hydrogen-bond donors (Lipinski definition) is 1. The van der Waals surface area contributed by atoms with Crippen molar-refractivity contribution >= 4 is 5.97 Å². The summed E-state index contributed by atoms with van der Waals surface area (Å²) in [4.78, 5) is 11.3. The molecule has 0 saturated carbocycles. The van der Waals surface area contributed by atoms with Gasteiger partial charge in [-0.25, -0.2) is 4.79 Å². The van der Waals surface area contributed by atoms with E-state index in [1.54, 1.807) is 24.3 Å². The van der Waals surface area contributed by atoms with Gasteiger partial charge in [0.15, 0.2) is 0 Å². The first-order valence-electron chi connectivity index (χ1n) is 6.25. The molecule has 0 saturated heterocycles. The summed E-state index contributed by atoms with van der Waals surface area (Å²) in [6, 6.07) is 16.1. The standard InChI is InChI=1S/C16H16O4/c1-19-16(18)13-7-9-14(10-8-13)20-15(11-17)12-5-3-2-4-6-12/h2-10,15,17H,11H2,1H3/t15-/m1/s1. The number of benzene rings is 2. The molecule has 0 aliphatic heterocycles. The van der Waals surface area contributed by atoms with E-state index in [0.29, 0.717) is 11.3 Å². The minimum atomic E-state index is -0.430. The quantitative estimate of drug-likeness (QED) is 0.850. The summed E-state index contributed by atoms with van der Waals surface area (Å²) in [6.45, 7) is -0.122. The Hall–Kier alpha value is -2.33. The molecular weight excluding hydrogens is 256 g/mol. The number of hydrogen-bond acceptors (Lipinski definition) is 4. The molecule has 0 fully saturated rings. The molecule has 2 rings (SSSR count). The van der Waals surface area contributed by atoms with Crippen molar-refractivity contribution in [1.82, 2.24) is 0 Å². The lowest BCUT2D eigenvalue weighted by Crippen LogP contribution is -2.12. The first-order valence-corrected chi connectivity index (χ1v) is 6.25. The van der Waals surface area contributed by atoms with Gasteiger partial charge in [-0.2, -0.15) is 0 Å². The zero-order chi connectivity index (χ0) is 14.4. The molecule has 1 N–H and O–H groups in total. The van der Waals surface area contributed by atoms with Crippen molar-refractivity contribution in [1.29, 1.82) is 0 Å². The number of carbonyl (C=O) groups is 1. The van der Waals surface area contributed by atoms with E-state index in [2.05, 4.69) is 4.74 Å². The van der Waals surface area contributed by atoms with Crippen LogP contribution in [0, 0.1) is 0 Å². The van der Waals surface area contributed by atoms with Crippen LogP contribution in [0.1, 0.15) is 22.0 Å². The van der Waals surface area contributed by atoms with Gasteiger partial charge in [0.1, 0.15) is 11.9 Å². The summed E-state index contributed by atoms with van der Waals surface area (Å²) >= 11 is 0. The molecule has 0 aliphatic carbocycles. The topological polar surface area (TPSA) is 55.8 Å². The van der Waals surface area contributed by atoms with Gasteiger partial charge in [0.05, 0.1) is 19.3 Å². The molecule has 0 radical (unpaired) electrons. The molecular formula is C16H16O4. The van der Waals surface area contributed by atoms with E-state index >= 15 is 0 Å². The summed E-state index contributed by atoms with van der Waals surface area (Å²) in [5.74, 6) is 0.193. The lowest BCUT2D eigenvalue weighted by atomic mass is 10.1. The van der Waals surface area contributed by atoms with Crippen molar-refractivity contribution in [2.75, 3.05) is 13.7 Å². The fourth-order valence-electron chi connectivity index (χ4n) is 1.83. The normalized spacial score (nSPS) is 11.7. The summed E-state index contributed by atoms with van der Waals surface area (Å²) in [5.41, 5.74) is 1.35. The molecule has 2 aromatic rings. The Morgan fingerprint density at radius 3 is 2.30 bits per heavy atom. The van der Waals surface area contributed by atoms with Crippen molar-refractivity contribution in [2.45, 2.75) is 6.10 Å². The first-order chi connectivity index (χ1) is 9.74. The van der Waals surface area contributed by atoms with Gasteiger partial charge in [-0.1, -0.05) is 30.3 Å². The van der Waals surface area contributed by atoms with Gasteiger partial charge in [-0.15, -0.1) is 0 Å². The van der Waals surface area contributed by atoms with Gasteiger partial charge < -0.3 is 14.6 Å². The van der Waals surface area contributed by atoms with Gasteiger partial charge in [0, 0.05) is 0 Å². The Bertz CT molecular complexity index is 548. The molecule has 20 heavy (non-hydrogen) atoms. The smallest absolute Gasteiger partial charge is 0.337 e. The highest BCUT2D eigenvalue weighted by atomic mass is 16.5. The predicted octanol–water partition coefficient (Wildman–Crippen LogP) is 2.59. The summed E-state index contributed by atoms with van der Waals surface area (Å²) < 4.78 is 10.3. The van der Waals surface area contributed by atoms with Crippen LogP contribution >= 0.6 is 0 Å². The number of carbonyl (C=O) groups excluding carboxylic acids is 1. The predicted molar refractivity (Wildman–Crippen MR) is 74.7 cm³/mol. The van der Waals surface area contributed by atoms with Crippen LogP contribution in [0.3, 0.4) is 0 Å². The molecule has 0 aliphatic rings. The van der Waals surface area contributed by atoms with Crippen molar-refractivity contribution in [3.63, 3.8) is 0 Å². The Balaban J connectivity index is 2.10. The molecule has 4 heteroatoms. The van der Waals surface area contributed by atoms with E-state index in [1.807, 2.05) is 30.3 Å². The maximum atomic E-state index is 11.3. The van der Waals surface area contributed by atoms with E-state index in [9.17, 15) is 9.90 Å². The van der Waals surface area contributed by atoms with Crippen LogP contribution in [0.2, 0.25) is 0 Å². The van der Waals surface area contributed by atoms with E-state index in [4.69, 9.17) is 4.74 Å². The zero-order valence-electron chi connectivity index (χ0n) is 11.2. The second-order valence-corrected chi connectivity index (χ2v) is 4.22. The summed E-state index contributed by atoms with van der Waals surface area (Å²) in [7, 11) is 1.34. The molecule has 0 bridgehead atoms. The monoisotopic (exact) mass is 272 g/mol. The zero-order valence-corrected chi connectivity index (χ0v) is 11.2. The fraction of sp³-hybridized carbons (Fsp3) is 0.188. The number of aliphatic hydroxyl groups excluding tert-OH is 1. The second kappa shape index (κ2) is 6.73. The highest BCUT2D eigenvalue weighted by Gasteiger charge is 2.12. The van der Waals surface area contributed by atoms with Crippen LogP contribution in [0.15, 0.2) is 54.6 Å². The van der Waals surface area contributed by atoms with Gasteiger partial charge in [-0.3, -0.25) is 0 Å². The van der Waals surface area contributed by atoms with Crippen LogP contribution < -0.4 is 4.74 Å². The highest BCUT2D eigenvalue weighted by Crippen LogP contribution is 2.22. The van der Waals surface area contributed by atoms with Crippen molar-refractivity contribution in [2.24, 2.45) is 0 Å². The Labute approximate surface area is 117 Å². The van der Waals surface area contributed by atoms with Crippen LogP contribution in [0.25, 0.3) is 0 Å². The lowest BCUT2D eigenvalue weighted by Gasteiger charge is -2.17. The molecule has 4 nitrogen and oxygen atoms in total. The highest BCUT2D eigenvalue weighted by molar-refractivity contribution is 5.89. The summed E-state index contributed by atoms with van der Waals surface area (Å²) in [5, 5.41) is 9.42. The van der Waals surface area contributed by atoms with Gasteiger partial charge in [0.25, 0.3) is 0 Å². The Morgan fingerprint density at radius 2 is 1.75 bits per heavy atom. The van der Waals surface area contributed by atoms with Gasteiger partial charge in [-0.05, 0) is 29.8 Å². The van der Waals surface area contributed by atoms with Crippen LogP contribution in [0.4, 0.5) is 0 Å².